The number of rotatable bonds is 11. The molecule has 2 saturated carbocycles. The van der Waals surface area contributed by atoms with Crippen molar-refractivity contribution in [1.82, 2.24) is 0 Å². The fourth-order valence-electron chi connectivity index (χ4n) is 6.49. The lowest BCUT2D eigenvalue weighted by atomic mass is 9.66. The molecule has 0 N–H and O–H groups in total. The van der Waals surface area contributed by atoms with Crippen molar-refractivity contribution in [2.24, 2.45) is 23.7 Å². The molecule has 2 aliphatic carbocycles. The zero-order valence-electron chi connectivity index (χ0n) is 20.4. The van der Waals surface area contributed by atoms with E-state index in [0.29, 0.717) is 12.2 Å². The van der Waals surface area contributed by atoms with Crippen LogP contribution in [0.2, 0.25) is 0 Å². The fourth-order valence-corrected chi connectivity index (χ4v) is 6.49. The van der Waals surface area contributed by atoms with Crippen LogP contribution in [-0.2, 0) is 0 Å². The highest BCUT2D eigenvalue weighted by Crippen LogP contribution is 2.46. The van der Waals surface area contributed by atoms with Crippen LogP contribution >= 0.6 is 0 Å². The van der Waals surface area contributed by atoms with E-state index in [1.165, 1.54) is 38.5 Å². The van der Waals surface area contributed by atoms with Crippen LogP contribution in [0.5, 0.6) is 5.75 Å². The summed E-state index contributed by atoms with van der Waals surface area (Å²) in [5.74, 6) is 2.15. The van der Waals surface area contributed by atoms with Crippen LogP contribution in [0.1, 0.15) is 109 Å². The van der Waals surface area contributed by atoms with Crippen molar-refractivity contribution >= 4 is 0 Å². The van der Waals surface area contributed by atoms with Gasteiger partial charge in [0.2, 0.25) is 5.82 Å². The SMILES string of the molecule is C=CCCCCOc1ccc(C2CCC(C3CCC(C(CC)CC)CC3)CC2)c(F)c1F. The van der Waals surface area contributed by atoms with Gasteiger partial charge in [-0.1, -0.05) is 38.8 Å². The van der Waals surface area contributed by atoms with E-state index in [9.17, 15) is 8.78 Å². The molecule has 3 rings (SSSR count). The maximum absolute atomic E-state index is 14.8. The van der Waals surface area contributed by atoms with Gasteiger partial charge in [-0.3, -0.25) is 0 Å². The van der Waals surface area contributed by atoms with Crippen LogP contribution in [0.25, 0.3) is 0 Å². The number of unbranched alkanes of at least 4 members (excludes halogenated alkanes) is 2. The van der Waals surface area contributed by atoms with Crippen molar-refractivity contribution < 1.29 is 13.5 Å². The van der Waals surface area contributed by atoms with E-state index in [1.807, 2.05) is 6.08 Å². The normalized spacial score (nSPS) is 26.3. The average molecular weight is 447 g/mol. The molecule has 0 spiro atoms. The van der Waals surface area contributed by atoms with Crippen LogP contribution in [0, 0.1) is 35.3 Å². The Bertz CT molecular complexity index is 695. The van der Waals surface area contributed by atoms with Crippen LogP contribution in [0.15, 0.2) is 24.8 Å². The summed E-state index contributed by atoms with van der Waals surface area (Å²) in [6, 6.07) is 3.40. The van der Waals surface area contributed by atoms with Gasteiger partial charge in [0.1, 0.15) is 0 Å². The predicted octanol–water partition coefficient (Wildman–Crippen LogP) is 9.22. The molecule has 0 unspecified atom stereocenters. The highest BCUT2D eigenvalue weighted by Gasteiger charge is 2.33. The van der Waals surface area contributed by atoms with Gasteiger partial charge in [-0.25, -0.2) is 4.39 Å². The Balaban J connectivity index is 1.48. The van der Waals surface area contributed by atoms with E-state index in [1.54, 1.807) is 12.1 Å². The van der Waals surface area contributed by atoms with Gasteiger partial charge in [0.05, 0.1) is 6.61 Å². The Kier molecular flexibility index (Phi) is 10.1. The first kappa shape index (κ1) is 25.2. The molecule has 2 aliphatic rings. The number of hydrogen-bond donors (Lipinski definition) is 0. The molecule has 0 atom stereocenters. The fraction of sp³-hybridized carbons (Fsp3) is 0.724. The molecular weight excluding hydrogens is 402 g/mol. The van der Waals surface area contributed by atoms with Crippen LogP contribution in [0.3, 0.4) is 0 Å². The van der Waals surface area contributed by atoms with E-state index in [0.717, 1.165) is 68.6 Å². The molecule has 2 fully saturated rings. The zero-order valence-corrected chi connectivity index (χ0v) is 20.4. The molecule has 0 bridgehead atoms. The Morgan fingerprint density at radius 2 is 1.53 bits per heavy atom. The quantitative estimate of drug-likeness (QED) is 0.243. The monoisotopic (exact) mass is 446 g/mol. The molecule has 1 aromatic carbocycles. The first-order valence-corrected chi connectivity index (χ1v) is 13.3. The van der Waals surface area contributed by atoms with Crippen molar-refractivity contribution in [2.45, 2.75) is 103 Å². The van der Waals surface area contributed by atoms with Gasteiger partial charge >= 0.3 is 0 Å². The average Bonchev–Trinajstić information content (AvgIpc) is 2.83. The number of hydrogen-bond acceptors (Lipinski definition) is 1. The van der Waals surface area contributed by atoms with E-state index in [-0.39, 0.29) is 11.7 Å². The molecule has 0 heterocycles. The topological polar surface area (TPSA) is 9.23 Å². The second kappa shape index (κ2) is 12.8. The predicted molar refractivity (Wildman–Crippen MR) is 130 cm³/mol. The zero-order chi connectivity index (χ0) is 22.9. The first-order chi connectivity index (χ1) is 15.6. The van der Waals surface area contributed by atoms with Gasteiger partial charge < -0.3 is 4.74 Å². The number of ether oxygens (including phenoxy) is 1. The van der Waals surface area contributed by atoms with Crippen LogP contribution in [-0.4, -0.2) is 6.61 Å². The van der Waals surface area contributed by atoms with E-state index < -0.39 is 11.6 Å². The lowest BCUT2D eigenvalue weighted by molar-refractivity contribution is 0.131. The van der Waals surface area contributed by atoms with Gasteiger partial charge in [0, 0.05) is 0 Å². The second-order valence-corrected chi connectivity index (χ2v) is 10.3. The molecule has 0 aromatic heterocycles. The summed E-state index contributed by atoms with van der Waals surface area (Å²) >= 11 is 0. The van der Waals surface area contributed by atoms with Crippen LogP contribution < -0.4 is 4.74 Å². The molecule has 180 valence electrons. The summed E-state index contributed by atoms with van der Waals surface area (Å²) in [4.78, 5) is 0. The van der Waals surface area contributed by atoms with Gasteiger partial charge in [0.25, 0.3) is 0 Å². The molecular formula is C29H44F2O. The number of benzene rings is 1. The third-order valence-electron chi connectivity index (χ3n) is 8.55. The standard InChI is InChI=1S/C29H44F2O/c1-4-7-8-9-20-32-27-19-18-26(28(30)29(27)31)25-16-14-24(15-17-25)23-12-10-22(11-13-23)21(5-2)6-3/h4,18-19,21-25H,1,5-17,20H2,2-3H3. The van der Waals surface area contributed by atoms with Crippen molar-refractivity contribution in [1.29, 1.82) is 0 Å². The Morgan fingerprint density at radius 3 is 2.12 bits per heavy atom. The third kappa shape index (κ3) is 6.35. The largest absolute Gasteiger partial charge is 0.490 e. The van der Waals surface area contributed by atoms with Crippen molar-refractivity contribution in [3.05, 3.63) is 42.0 Å². The maximum atomic E-state index is 14.8. The molecule has 1 nitrogen and oxygen atoms in total. The van der Waals surface area contributed by atoms with Gasteiger partial charge in [-0.2, -0.15) is 4.39 Å². The highest BCUT2D eigenvalue weighted by atomic mass is 19.2. The minimum absolute atomic E-state index is 0.0489. The number of allylic oxidation sites excluding steroid dienone is 1. The minimum atomic E-state index is -0.812. The minimum Gasteiger partial charge on any atom is -0.490 e. The van der Waals surface area contributed by atoms with Gasteiger partial charge in [-0.15, -0.1) is 6.58 Å². The van der Waals surface area contributed by atoms with E-state index in [2.05, 4.69) is 20.4 Å². The molecule has 0 amide bonds. The third-order valence-corrected chi connectivity index (χ3v) is 8.55. The first-order valence-electron chi connectivity index (χ1n) is 13.3. The van der Waals surface area contributed by atoms with Crippen molar-refractivity contribution in [3.8, 4) is 5.75 Å². The molecule has 3 heteroatoms. The maximum Gasteiger partial charge on any atom is 0.200 e. The van der Waals surface area contributed by atoms with Gasteiger partial charge in [-0.05, 0) is 112 Å². The summed E-state index contributed by atoms with van der Waals surface area (Å²) in [6.45, 7) is 8.78. The molecule has 0 saturated heterocycles. The van der Waals surface area contributed by atoms with Crippen molar-refractivity contribution in [2.75, 3.05) is 6.61 Å². The summed E-state index contributed by atoms with van der Waals surface area (Å²) in [7, 11) is 0. The summed E-state index contributed by atoms with van der Waals surface area (Å²) < 4.78 is 34.9. The van der Waals surface area contributed by atoms with Gasteiger partial charge in [0.15, 0.2) is 11.6 Å². The molecule has 0 aliphatic heterocycles. The van der Waals surface area contributed by atoms with E-state index in [4.69, 9.17) is 4.74 Å². The Labute approximate surface area is 195 Å². The lowest BCUT2D eigenvalue weighted by Crippen LogP contribution is -2.28. The summed E-state index contributed by atoms with van der Waals surface area (Å²) in [5, 5.41) is 0. The summed E-state index contributed by atoms with van der Waals surface area (Å²) in [5.41, 5.74) is 0.553. The Hall–Kier alpha value is -1.38. The second-order valence-electron chi connectivity index (χ2n) is 10.3. The lowest BCUT2D eigenvalue weighted by Gasteiger charge is -2.39. The Morgan fingerprint density at radius 1 is 0.906 bits per heavy atom. The number of halogens is 2. The van der Waals surface area contributed by atoms with Crippen LogP contribution in [0.4, 0.5) is 8.78 Å². The highest BCUT2D eigenvalue weighted by molar-refractivity contribution is 5.33. The molecule has 0 radical (unpaired) electrons. The van der Waals surface area contributed by atoms with E-state index >= 15 is 0 Å². The summed E-state index contributed by atoms with van der Waals surface area (Å²) in [6.07, 6.45) is 17.0. The van der Waals surface area contributed by atoms with Crippen molar-refractivity contribution in [3.63, 3.8) is 0 Å². The smallest absolute Gasteiger partial charge is 0.200 e. The molecule has 32 heavy (non-hydrogen) atoms. The molecule has 1 aromatic rings.